The second-order valence-electron chi connectivity index (χ2n) is 4.61. The topological polar surface area (TPSA) is 46.2 Å². The molecule has 4 heteroatoms. The Morgan fingerprint density at radius 1 is 1.24 bits per heavy atom. The first-order valence-electron chi connectivity index (χ1n) is 5.35. The third-order valence-corrected chi connectivity index (χ3v) is 3.17. The maximum Gasteiger partial charge on any atom is 0.231 e. The van der Waals surface area contributed by atoms with Crippen LogP contribution in [0.5, 0.6) is 0 Å². The highest BCUT2D eigenvalue weighted by molar-refractivity contribution is 6.20. The van der Waals surface area contributed by atoms with Gasteiger partial charge in [0.1, 0.15) is 0 Å². The van der Waals surface area contributed by atoms with Crippen molar-refractivity contribution >= 4 is 29.0 Å². The molecule has 0 radical (unpaired) electrons. The van der Waals surface area contributed by atoms with Crippen LogP contribution in [0.3, 0.4) is 0 Å². The highest BCUT2D eigenvalue weighted by atomic mass is 35.5. The van der Waals surface area contributed by atoms with E-state index in [9.17, 15) is 9.59 Å². The first-order valence-corrected chi connectivity index (χ1v) is 5.88. The minimum atomic E-state index is -0.610. The van der Waals surface area contributed by atoms with Gasteiger partial charge in [0.2, 0.25) is 5.91 Å². The highest BCUT2D eigenvalue weighted by Crippen LogP contribution is 2.20. The van der Waals surface area contributed by atoms with E-state index in [-0.39, 0.29) is 17.6 Å². The van der Waals surface area contributed by atoms with E-state index in [1.54, 1.807) is 38.1 Å². The van der Waals surface area contributed by atoms with Crippen LogP contribution in [0.15, 0.2) is 24.3 Å². The van der Waals surface area contributed by atoms with Gasteiger partial charge in [-0.3, -0.25) is 9.59 Å². The second-order valence-corrected chi connectivity index (χ2v) is 4.87. The molecule has 0 atom stereocenters. The van der Waals surface area contributed by atoms with Crippen molar-refractivity contribution in [3.63, 3.8) is 0 Å². The van der Waals surface area contributed by atoms with Crippen LogP contribution in [0.1, 0.15) is 31.1 Å². The Balaban J connectivity index is 2.76. The molecule has 0 heterocycles. The molecule has 92 valence electrons. The van der Waals surface area contributed by atoms with Crippen LogP contribution in [-0.4, -0.2) is 17.6 Å². The maximum atomic E-state index is 11.8. The number of anilines is 1. The highest BCUT2D eigenvalue weighted by Gasteiger charge is 2.26. The predicted molar refractivity (Wildman–Crippen MR) is 69.6 cm³/mol. The van der Waals surface area contributed by atoms with E-state index in [2.05, 4.69) is 5.32 Å². The van der Waals surface area contributed by atoms with Crippen molar-refractivity contribution in [2.24, 2.45) is 5.41 Å². The summed E-state index contributed by atoms with van der Waals surface area (Å²) in [6.45, 7) is 5.06. The summed E-state index contributed by atoms with van der Waals surface area (Å²) in [4.78, 5) is 22.9. The largest absolute Gasteiger partial charge is 0.326 e. The van der Waals surface area contributed by atoms with Gasteiger partial charge in [0.05, 0.1) is 5.41 Å². The molecule has 0 unspecified atom stereocenters. The molecule has 0 aliphatic rings. The Labute approximate surface area is 106 Å². The van der Waals surface area contributed by atoms with Crippen molar-refractivity contribution < 1.29 is 9.59 Å². The van der Waals surface area contributed by atoms with E-state index in [0.717, 1.165) is 0 Å². The Bertz CT molecular complexity index is 424. The zero-order chi connectivity index (χ0) is 13.1. The molecule has 0 spiro atoms. The average molecular weight is 254 g/mol. The van der Waals surface area contributed by atoms with Crippen LogP contribution in [0.25, 0.3) is 0 Å². The molecule has 1 N–H and O–H groups in total. The van der Waals surface area contributed by atoms with Gasteiger partial charge in [-0.2, -0.15) is 0 Å². The van der Waals surface area contributed by atoms with Crippen LogP contribution < -0.4 is 5.32 Å². The number of alkyl halides is 1. The minimum Gasteiger partial charge on any atom is -0.326 e. The number of halogens is 1. The Morgan fingerprint density at radius 3 is 2.18 bits per heavy atom. The molecule has 1 aromatic rings. The van der Waals surface area contributed by atoms with Gasteiger partial charge >= 0.3 is 0 Å². The van der Waals surface area contributed by atoms with Gasteiger partial charge in [-0.15, -0.1) is 11.6 Å². The monoisotopic (exact) mass is 253 g/mol. The van der Waals surface area contributed by atoms with Crippen molar-refractivity contribution in [3.8, 4) is 0 Å². The number of nitrogens with one attached hydrogen (secondary N) is 1. The lowest BCUT2D eigenvalue weighted by Gasteiger charge is -2.20. The van der Waals surface area contributed by atoms with Crippen molar-refractivity contribution in [2.45, 2.75) is 20.8 Å². The molecular formula is C13H16ClNO2. The number of Topliss-reactive ketones (excluding diaryl/α,β-unsaturated/α-hetero) is 1. The molecule has 0 aliphatic heterocycles. The fraction of sp³-hybridized carbons (Fsp3) is 0.385. The zero-order valence-electron chi connectivity index (χ0n) is 10.2. The molecule has 0 aliphatic carbocycles. The number of amides is 1. The summed E-state index contributed by atoms with van der Waals surface area (Å²) in [5.41, 5.74) is 0.679. The third-order valence-electron chi connectivity index (χ3n) is 2.50. The molecule has 0 saturated heterocycles. The summed E-state index contributed by atoms with van der Waals surface area (Å²) in [6, 6.07) is 6.79. The van der Waals surface area contributed by atoms with E-state index in [0.29, 0.717) is 11.3 Å². The Morgan fingerprint density at radius 2 is 1.76 bits per heavy atom. The Hall–Kier alpha value is -1.35. The first kappa shape index (κ1) is 13.7. The summed E-state index contributed by atoms with van der Waals surface area (Å²) < 4.78 is 0. The molecule has 0 bridgehead atoms. The lowest BCUT2D eigenvalue weighted by Crippen LogP contribution is -2.32. The van der Waals surface area contributed by atoms with Crippen molar-refractivity contribution in [1.29, 1.82) is 0 Å². The molecular weight excluding hydrogens is 238 g/mol. The van der Waals surface area contributed by atoms with Crippen LogP contribution in [0.2, 0.25) is 0 Å². The number of benzene rings is 1. The molecule has 1 amide bonds. The minimum absolute atomic E-state index is 0.00367. The summed E-state index contributed by atoms with van der Waals surface area (Å²) in [5.74, 6) is 0.122. The summed E-state index contributed by atoms with van der Waals surface area (Å²) in [5, 5.41) is 2.76. The number of carbonyl (C=O) groups is 2. The lowest BCUT2D eigenvalue weighted by atomic mass is 9.95. The summed E-state index contributed by atoms with van der Waals surface area (Å²) in [6.07, 6.45) is 0. The van der Waals surface area contributed by atoms with Gasteiger partial charge < -0.3 is 5.32 Å². The quantitative estimate of drug-likeness (QED) is 0.662. The van der Waals surface area contributed by atoms with Gasteiger partial charge in [-0.25, -0.2) is 0 Å². The number of hydrogen-bond donors (Lipinski definition) is 1. The zero-order valence-corrected chi connectivity index (χ0v) is 11.0. The molecule has 1 rings (SSSR count). The van der Waals surface area contributed by atoms with Crippen LogP contribution in [0, 0.1) is 5.41 Å². The average Bonchev–Trinajstić information content (AvgIpc) is 2.29. The fourth-order valence-corrected chi connectivity index (χ4v) is 1.27. The molecule has 0 aromatic heterocycles. The van der Waals surface area contributed by atoms with Crippen LogP contribution >= 0.6 is 11.6 Å². The van der Waals surface area contributed by atoms with Gasteiger partial charge in [0, 0.05) is 17.1 Å². The number of hydrogen-bond acceptors (Lipinski definition) is 2. The Kier molecular flexibility index (Phi) is 4.29. The molecule has 0 saturated carbocycles. The van der Waals surface area contributed by atoms with Gasteiger partial charge in [0.25, 0.3) is 0 Å². The molecule has 1 aromatic carbocycles. The number of rotatable bonds is 4. The van der Waals surface area contributed by atoms with Gasteiger partial charge in [0.15, 0.2) is 5.78 Å². The molecule has 17 heavy (non-hydrogen) atoms. The predicted octanol–water partition coefficient (Wildman–Crippen LogP) is 3.09. The van der Waals surface area contributed by atoms with Crippen LogP contribution in [-0.2, 0) is 4.79 Å². The third kappa shape index (κ3) is 3.56. The fourth-order valence-electron chi connectivity index (χ4n) is 1.15. The van der Waals surface area contributed by atoms with Crippen molar-refractivity contribution in [2.75, 3.05) is 11.2 Å². The van der Waals surface area contributed by atoms with Crippen LogP contribution in [0.4, 0.5) is 5.69 Å². The maximum absolute atomic E-state index is 11.8. The lowest BCUT2D eigenvalue weighted by molar-refractivity contribution is -0.122. The normalized spacial score (nSPS) is 11.1. The first-order chi connectivity index (χ1) is 7.86. The SMILES string of the molecule is CC(=O)c1ccc(NC(=O)C(C)(C)CCl)cc1. The van der Waals surface area contributed by atoms with Crippen molar-refractivity contribution in [3.05, 3.63) is 29.8 Å². The van der Waals surface area contributed by atoms with Crippen molar-refractivity contribution in [1.82, 2.24) is 0 Å². The number of ketones is 1. The van der Waals surface area contributed by atoms with E-state index in [1.807, 2.05) is 0 Å². The smallest absolute Gasteiger partial charge is 0.231 e. The van der Waals surface area contributed by atoms with Gasteiger partial charge in [-0.1, -0.05) is 0 Å². The summed E-state index contributed by atoms with van der Waals surface area (Å²) in [7, 11) is 0. The molecule has 0 fully saturated rings. The number of carbonyl (C=O) groups excluding carboxylic acids is 2. The summed E-state index contributed by atoms with van der Waals surface area (Å²) >= 11 is 5.72. The molecule has 3 nitrogen and oxygen atoms in total. The van der Waals surface area contributed by atoms with E-state index in [4.69, 9.17) is 11.6 Å². The van der Waals surface area contributed by atoms with E-state index < -0.39 is 5.41 Å². The van der Waals surface area contributed by atoms with Gasteiger partial charge in [-0.05, 0) is 45.0 Å². The van der Waals surface area contributed by atoms with E-state index >= 15 is 0 Å². The standard InChI is InChI=1S/C13H16ClNO2/c1-9(16)10-4-6-11(7-5-10)15-12(17)13(2,3)8-14/h4-7H,8H2,1-3H3,(H,15,17). The second kappa shape index (κ2) is 5.32. The van der Waals surface area contributed by atoms with E-state index in [1.165, 1.54) is 6.92 Å².